The van der Waals surface area contributed by atoms with Crippen LogP contribution in [-0.2, 0) is 6.42 Å². The molecule has 2 aromatic rings. The Kier molecular flexibility index (Phi) is 3.31. The third-order valence-corrected chi connectivity index (χ3v) is 3.82. The van der Waals surface area contributed by atoms with Gasteiger partial charge in [-0.05, 0) is 43.0 Å². The zero-order chi connectivity index (χ0) is 14.9. The number of aromatic nitrogens is 2. The van der Waals surface area contributed by atoms with Crippen molar-refractivity contribution in [3.63, 3.8) is 0 Å². The topological polar surface area (TPSA) is 42.9 Å². The number of pyridine rings is 2. The Morgan fingerprint density at radius 2 is 2.05 bits per heavy atom. The van der Waals surface area contributed by atoms with Crippen LogP contribution in [0.3, 0.4) is 0 Å². The standard InChI is InChI=1S/C18H16N2O/c1-18(2)10-9-16-15(17(18)21)8-7-14(20-16)6-5-13-4-3-11-19-12-13/h3-4,7-8,11-12H,9-10H2,1-2H3. The van der Waals surface area contributed by atoms with E-state index in [1.807, 2.05) is 38.1 Å². The minimum Gasteiger partial charge on any atom is -0.294 e. The molecule has 0 amide bonds. The fourth-order valence-corrected chi connectivity index (χ4v) is 2.45. The maximum absolute atomic E-state index is 12.3. The quantitative estimate of drug-likeness (QED) is 0.695. The second-order valence-corrected chi connectivity index (χ2v) is 5.90. The predicted molar refractivity (Wildman–Crippen MR) is 80.9 cm³/mol. The van der Waals surface area contributed by atoms with Gasteiger partial charge in [-0.25, -0.2) is 4.98 Å². The second-order valence-electron chi connectivity index (χ2n) is 5.90. The van der Waals surface area contributed by atoms with Crippen LogP contribution in [0.1, 0.15) is 47.6 Å². The molecule has 104 valence electrons. The molecule has 0 bridgehead atoms. The van der Waals surface area contributed by atoms with Gasteiger partial charge in [0.25, 0.3) is 0 Å². The van der Waals surface area contributed by atoms with Crippen LogP contribution in [0.5, 0.6) is 0 Å². The molecule has 0 spiro atoms. The highest BCUT2D eigenvalue weighted by atomic mass is 16.1. The van der Waals surface area contributed by atoms with Crippen LogP contribution in [0.15, 0.2) is 36.7 Å². The van der Waals surface area contributed by atoms with Gasteiger partial charge in [-0.3, -0.25) is 9.78 Å². The van der Waals surface area contributed by atoms with Crippen LogP contribution in [0.4, 0.5) is 0 Å². The van der Waals surface area contributed by atoms with Crippen molar-refractivity contribution in [2.45, 2.75) is 26.7 Å². The summed E-state index contributed by atoms with van der Waals surface area (Å²) in [6, 6.07) is 7.44. The molecule has 0 unspecified atom stereocenters. The lowest BCUT2D eigenvalue weighted by atomic mass is 9.75. The van der Waals surface area contributed by atoms with Gasteiger partial charge >= 0.3 is 0 Å². The summed E-state index contributed by atoms with van der Waals surface area (Å²) in [7, 11) is 0. The van der Waals surface area contributed by atoms with Crippen molar-refractivity contribution in [2.75, 3.05) is 0 Å². The molecule has 1 aliphatic rings. The molecule has 0 aromatic carbocycles. The summed E-state index contributed by atoms with van der Waals surface area (Å²) < 4.78 is 0. The molecule has 3 nitrogen and oxygen atoms in total. The van der Waals surface area contributed by atoms with Crippen molar-refractivity contribution >= 4 is 5.78 Å². The largest absolute Gasteiger partial charge is 0.294 e. The molecule has 0 atom stereocenters. The van der Waals surface area contributed by atoms with Crippen LogP contribution in [0.25, 0.3) is 0 Å². The van der Waals surface area contributed by atoms with Crippen molar-refractivity contribution < 1.29 is 4.79 Å². The third-order valence-electron chi connectivity index (χ3n) is 3.82. The van der Waals surface area contributed by atoms with Gasteiger partial charge in [-0.2, -0.15) is 0 Å². The predicted octanol–water partition coefficient (Wildman–Crippen LogP) is 3.03. The number of Topliss-reactive ketones (excluding diaryl/α,β-unsaturated/α-hetero) is 1. The number of aryl methyl sites for hydroxylation is 1. The maximum Gasteiger partial charge on any atom is 0.170 e. The minimum atomic E-state index is -0.280. The molecule has 0 N–H and O–H groups in total. The number of rotatable bonds is 0. The van der Waals surface area contributed by atoms with E-state index < -0.39 is 0 Å². The smallest absolute Gasteiger partial charge is 0.170 e. The first-order valence-corrected chi connectivity index (χ1v) is 7.03. The molecule has 0 saturated carbocycles. The Balaban J connectivity index is 1.92. The fraction of sp³-hybridized carbons (Fsp3) is 0.278. The Bertz CT molecular complexity index is 752. The summed E-state index contributed by atoms with van der Waals surface area (Å²) in [6.07, 6.45) is 5.11. The Hall–Kier alpha value is -2.47. The van der Waals surface area contributed by atoms with E-state index >= 15 is 0 Å². The van der Waals surface area contributed by atoms with Crippen LogP contribution < -0.4 is 0 Å². The van der Waals surface area contributed by atoms with Crippen molar-refractivity contribution in [1.29, 1.82) is 0 Å². The molecular formula is C18H16N2O. The SMILES string of the molecule is CC1(C)CCc2nc(C#Cc3cccnc3)ccc2C1=O. The Labute approximate surface area is 124 Å². The highest BCUT2D eigenvalue weighted by Gasteiger charge is 2.34. The third kappa shape index (κ3) is 2.71. The van der Waals surface area contributed by atoms with Crippen LogP contribution in [0, 0.1) is 17.3 Å². The summed E-state index contributed by atoms with van der Waals surface area (Å²) in [5, 5.41) is 0. The van der Waals surface area contributed by atoms with E-state index in [0.29, 0.717) is 5.69 Å². The van der Waals surface area contributed by atoms with Gasteiger partial charge in [0.05, 0.1) is 5.69 Å². The van der Waals surface area contributed by atoms with E-state index in [4.69, 9.17) is 0 Å². The molecule has 0 saturated heterocycles. The van der Waals surface area contributed by atoms with Gasteiger partial charge in [-0.1, -0.05) is 19.8 Å². The van der Waals surface area contributed by atoms with Crippen LogP contribution in [-0.4, -0.2) is 15.8 Å². The molecule has 0 aliphatic heterocycles. The van der Waals surface area contributed by atoms with Gasteiger partial charge < -0.3 is 0 Å². The van der Waals surface area contributed by atoms with E-state index in [1.54, 1.807) is 12.4 Å². The molecule has 21 heavy (non-hydrogen) atoms. The average molecular weight is 276 g/mol. The summed E-state index contributed by atoms with van der Waals surface area (Å²) >= 11 is 0. The van der Waals surface area contributed by atoms with Crippen molar-refractivity contribution in [3.8, 4) is 11.8 Å². The molecule has 2 heterocycles. The minimum absolute atomic E-state index is 0.183. The van der Waals surface area contributed by atoms with E-state index in [2.05, 4.69) is 21.8 Å². The molecule has 3 heteroatoms. The van der Waals surface area contributed by atoms with Gasteiger partial charge in [0.1, 0.15) is 5.69 Å². The van der Waals surface area contributed by atoms with Crippen molar-refractivity contribution in [2.24, 2.45) is 5.41 Å². The number of carbonyl (C=O) groups excluding carboxylic acids is 1. The van der Waals surface area contributed by atoms with Crippen molar-refractivity contribution in [3.05, 3.63) is 59.2 Å². The Morgan fingerprint density at radius 3 is 2.81 bits per heavy atom. The van der Waals surface area contributed by atoms with E-state index in [0.717, 1.165) is 29.7 Å². The molecule has 0 fully saturated rings. The molecular weight excluding hydrogens is 260 g/mol. The fourth-order valence-electron chi connectivity index (χ4n) is 2.45. The maximum atomic E-state index is 12.3. The first kappa shape index (κ1) is 13.5. The normalized spacial score (nSPS) is 15.8. The lowest BCUT2D eigenvalue weighted by Crippen LogP contribution is -2.31. The number of nitrogens with zero attached hydrogens (tertiary/aromatic N) is 2. The van der Waals surface area contributed by atoms with Crippen molar-refractivity contribution in [1.82, 2.24) is 9.97 Å². The molecule has 1 aliphatic carbocycles. The zero-order valence-electron chi connectivity index (χ0n) is 12.2. The number of hydrogen-bond acceptors (Lipinski definition) is 3. The first-order valence-electron chi connectivity index (χ1n) is 7.03. The zero-order valence-corrected chi connectivity index (χ0v) is 12.2. The number of hydrogen-bond donors (Lipinski definition) is 0. The lowest BCUT2D eigenvalue weighted by molar-refractivity contribution is 0.0809. The summed E-state index contributed by atoms with van der Waals surface area (Å²) in [5.41, 5.74) is 2.90. The highest BCUT2D eigenvalue weighted by Crippen LogP contribution is 2.33. The molecule has 2 aromatic heterocycles. The highest BCUT2D eigenvalue weighted by molar-refractivity contribution is 6.01. The molecule has 0 radical (unpaired) electrons. The van der Waals surface area contributed by atoms with Gasteiger partial charge in [-0.15, -0.1) is 0 Å². The van der Waals surface area contributed by atoms with E-state index in [-0.39, 0.29) is 11.2 Å². The van der Waals surface area contributed by atoms with Gasteiger partial charge in [0.15, 0.2) is 5.78 Å². The lowest BCUT2D eigenvalue weighted by Gasteiger charge is -2.28. The number of fused-ring (bicyclic) bond motifs is 1. The number of ketones is 1. The monoisotopic (exact) mass is 276 g/mol. The van der Waals surface area contributed by atoms with Crippen LogP contribution >= 0.6 is 0 Å². The average Bonchev–Trinajstić information content (AvgIpc) is 2.50. The molecule has 3 rings (SSSR count). The van der Waals surface area contributed by atoms with E-state index in [9.17, 15) is 4.79 Å². The van der Waals surface area contributed by atoms with Gasteiger partial charge in [0.2, 0.25) is 0 Å². The summed E-state index contributed by atoms with van der Waals surface area (Å²) in [6.45, 7) is 3.99. The number of carbonyl (C=O) groups is 1. The first-order chi connectivity index (χ1) is 10.1. The summed E-state index contributed by atoms with van der Waals surface area (Å²) in [4.78, 5) is 20.9. The second kappa shape index (κ2) is 5.14. The van der Waals surface area contributed by atoms with Crippen LogP contribution in [0.2, 0.25) is 0 Å². The van der Waals surface area contributed by atoms with E-state index in [1.165, 1.54) is 0 Å². The van der Waals surface area contributed by atoms with Gasteiger partial charge in [0, 0.05) is 28.9 Å². The Morgan fingerprint density at radius 1 is 1.19 bits per heavy atom. The summed E-state index contributed by atoms with van der Waals surface area (Å²) in [5.74, 6) is 6.25.